The molecule has 0 unspecified atom stereocenters. The van der Waals surface area contributed by atoms with Crippen LogP contribution in [0.4, 0.5) is 0 Å². The maximum absolute atomic E-state index is 12.6. The predicted octanol–water partition coefficient (Wildman–Crippen LogP) is 4.31. The van der Waals surface area contributed by atoms with E-state index in [9.17, 15) is 9.59 Å². The van der Waals surface area contributed by atoms with Crippen LogP contribution in [0.15, 0.2) is 60.7 Å². The Labute approximate surface area is 179 Å². The van der Waals surface area contributed by atoms with E-state index in [0.29, 0.717) is 4.88 Å². The Kier molecular flexibility index (Phi) is 6.14. The largest absolute Gasteiger partial charge is 0.497 e. The number of nitrogens with one attached hydrogen (secondary N) is 1. The topological polar surface area (TPSA) is 64.6 Å². The van der Waals surface area contributed by atoms with Gasteiger partial charge in [-0.3, -0.25) is 4.79 Å². The second-order valence-corrected chi connectivity index (χ2v) is 8.31. The first kappa shape index (κ1) is 20.2. The molecule has 0 radical (unpaired) electrons. The molecule has 1 aromatic heterocycles. The molecule has 1 N–H and O–H groups in total. The van der Waals surface area contributed by atoms with Gasteiger partial charge < -0.3 is 14.8 Å². The molecule has 0 fully saturated rings. The van der Waals surface area contributed by atoms with Crippen LogP contribution in [0.2, 0.25) is 0 Å². The van der Waals surface area contributed by atoms with E-state index in [0.717, 1.165) is 36.1 Å². The zero-order chi connectivity index (χ0) is 20.9. The fraction of sp³-hybridized carbons (Fsp3) is 0.250. The highest BCUT2D eigenvalue weighted by Gasteiger charge is 2.21. The lowest BCUT2D eigenvalue weighted by atomic mass is 9.98. The van der Waals surface area contributed by atoms with Gasteiger partial charge in [-0.1, -0.05) is 42.5 Å². The third-order valence-corrected chi connectivity index (χ3v) is 6.39. The molecular formula is C24H23NO4S. The molecular weight excluding hydrogens is 398 g/mol. The van der Waals surface area contributed by atoms with Crippen molar-refractivity contribution in [2.45, 2.75) is 25.3 Å². The number of esters is 1. The normalized spacial score (nSPS) is 13.4. The molecule has 1 aliphatic carbocycles. The summed E-state index contributed by atoms with van der Waals surface area (Å²) in [6.45, 7) is -0.319. The molecule has 6 heteroatoms. The van der Waals surface area contributed by atoms with Crippen molar-refractivity contribution < 1.29 is 19.1 Å². The smallest absolute Gasteiger partial charge is 0.348 e. The van der Waals surface area contributed by atoms with Gasteiger partial charge in [0.25, 0.3) is 5.91 Å². The summed E-state index contributed by atoms with van der Waals surface area (Å²) in [7, 11) is 1.61. The lowest BCUT2D eigenvalue weighted by molar-refractivity contribution is -0.124. The SMILES string of the molecule is COc1ccc([C@@H](NC(=O)COC(=O)c2cc3c(s2)CCC3)c2ccccc2)cc1. The van der Waals surface area contributed by atoms with E-state index in [4.69, 9.17) is 9.47 Å². The van der Waals surface area contributed by atoms with Crippen LogP contribution in [0.1, 0.15) is 43.7 Å². The van der Waals surface area contributed by atoms with E-state index >= 15 is 0 Å². The van der Waals surface area contributed by atoms with Crippen molar-refractivity contribution in [3.8, 4) is 5.75 Å². The highest BCUT2D eigenvalue weighted by Crippen LogP contribution is 2.31. The maximum Gasteiger partial charge on any atom is 0.348 e. The van der Waals surface area contributed by atoms with Gasteiger partial charge >= 0.3 is 5.97 Å². The average molecular weight is 422 g/mol. The van der Waals surface area contributed by atoms with Gasteiger partial charge in [0, 0.05) is 4.88 Å². The molecule has 5 nitrogen and oxygen atoms in total. The van der Waals surface area contributed by atoms with Crippen molar-refractivity contribution >= 4 is 23.2 Å². The van der Waals surface area contributed by atoms with Gasteiger partial charge in [0.2, 0.25) is 0 Å². The van der Waals surface area contributed by atoms with E-state index in [1.165, 1.54) is 21.8 Å². The summed E-state index contributed by atoms with van der Waals surface area (Å²) in [6.07, 6.45) is 3.18. The summed E-state index contributed by atoms with van der Waals surface area (Å²) in [5, 5.41) is 2.98. The maximum atomic E-state index is 12.6. The summed E-state index contributed by atoms with van der Waals surface area (Å²) in [6, 6.07) is 18.8. The summed E-state index contributed by atoms with van der Waals surface area (Å²) in [5.41, 5.74) is 3.09. The Morgan fingerprint density at radius 3 is 2.47 bits per heavy atom. The molecule has 1 atom stereocenters. The van der Waals surface area contributed by atoms with E-state index in [-0.39, 0.29) is 18.6 Å². The molecule has 2 aromatic carbocycles. The number of carbonyl (C=O) groups is 2. The molecule has 0 saturated heterocycles. The van der Waals surface area contributed by atoms with Crippen LogP contribution in [-0.2, 0) is 22.4 Å². The minimum absolute atomic E-state index is 0.319. The number of benzene rings is 2. The van der Waals surface area contributed by atoms with Gasteiger partial charge in [-0.2, -0.15) is 0 Å². The van der Waals surface area contributed by atoms with Crippen LogP contribution >= 0.6 is 11.3 Å². The molecule has 1 aliphatic rings. The van der Waals surface area contributed by atoms with Gasteiger partial charge in [-0.05, 0) is 54.2 Å². The monoisotopic (exact) mass is 421 g/mol. The highest BCUT2D eigenvalue weighted by molar-refractivity contribution is 7.14. The van der Waals surface area contributed by atoms with E-state index < -0.39 is 5.97 Å². The Balaban J connectivity index is 1.42. The lowest BCUT2D eigenvalue weighted by Gasteiger charge is -2.20. The molecule has 0 aliphatic heterocycles. The zero-order valence-corrected chi connectivity index (χ0v) is 17.5. The molecule has 0 saturated carbocycles. The molecule has 0 bridgehead atoms. The molecule has 154 valence electrons. The van der Waals surface area contributed by atoms with Crippen molar-refractivity contribution in [3.05, 3.63) is 87.1 Å². The summed E-state index contributed by atoms with van der Waals surface area (Å²) in [4.78, 5) is 26.8. The molecule has 1 amide bonds. The number of fused-ring (bicyclic) bond motifs is 1. The van der Waals surface area contributed by atoms with Gasteiger partial charge in [0.15, 0.2) is 6.61 Å². The zero-order valence-electron chi connectivity index (χ0n) is 16.7. The molecule has 3 aromatic rings. The summed E-state index contributed by atoms with van der Waals surface area (Å²) in [5.74, 6) is -0.0453. The quantitative estimate of drug-likeness (QED) is 0.578. The third kappa shape index (κ3) is 4.54. The second-order valence-electron chi connectivity index (χ2n) is 7.17. The van der Waals surface area contributed by atoms with Crippen molar-refractivity contribution in [1.82, 2.24) is 5.32 Å². The van der Waals surface area contributed by atoms with Gasteiger partial charge in [-0.25, -0.2) is 4.79 Å². The highest BCUT2D eigenvalue weighted by atomic mass is 32.1. The lowest BCUT2D eigenvalue weighted by Crippen LogP contribution is -2.33. The Morgan fingerprint density at radius 2 is 1.77 bits per heavy atom. The number of ether oxygens (including phenoxy) is 2. The number of thiophene rings is 1. The fourth-order valence-electron chi connectivity index (χ4n) is 3.64. The van der Waals surface area contributed by atoms with Crippen LogP contribution in [0.25, 0.3) is 0 Å². The van der Waals surface area contributed by atoms with Crippen molar-refractivity contribution in [3.63, 3.8) is 0 Å². The van der Waals surface area contributed by atoms with E-state index in [2.05, 4.69) is 5.32 Å². The standard InChI is InChI=1S/C24H23NO4S/c1-28-19-12-10-17(11-13-19)23(16-6-3-2-4-7-16)25-22(26)15-29-24(27)21-14-18-8-5-9-20(18)30-21/h2-4,6-7,10-14,23H,5,8-9,15H2,1H3,(H,25,26)/t23-/m0/s1. The number of rotatable bonds is 7. The number of methoxy groups -OCH3 is 1. The summed E-state index contributed by atoms with van der Waals surface area (Å²) < 4.78 is 10.5. The van der Waals surface area contributed by atoms with Crippen LogP contribution in [0.5, 0.6) is 5.75 Å². The van der Waals surface area contributed by atoms with Crippen molar-refractivity contribution in [2.24, 2.45) is 0 Å². The number of hydrogen-bond donors (Lipinski definition) is 1. The van der Waals surface area contributed by atoms with Crippen molar-refractivity contribution in [1.29, 1.82) is 0 Å². The Bertz CT molecular complexity index is 1010. The average Bonchev–Trinajstić information content (AvgIpc) is 3.39. The van der Waals surface area contributed by atoms with Crippen molar-refractivity contribution in [2.75, 3.05) is 13.7 Å². The van der Waals surface area contributed by atoms with Crippen LogP contribution in [0.3, 0.4) is 0 Å². The molecule has 30 heavy (non-hydrogen) atoms. The van der Waals surface area contributed by atoms with Gasteiger partial charge in [0.05, 0.1) is 13.2 Å². The molecule has 1 heterocycles. The molecule has 0 spiro atoms. The Morgan fingerprint density at radius 1 is 1.03 bits per heavy atom. The van der Waals surface area contributed by atoms with E-state index in [1.807, 2.05) is 60.7 Å². The minimum Gasteiger partial charge on any atom is -0.497 e. The van der Waals surface area contributed by atoms with Gasteiger partial charge in [0.1, 0.15) is 10.6 Å². The first-order valence-electron chi connectivity index (χ1n) is 9.91. The minimum atomic E-state index is -0.440. The number of aryl methyl sites for hydroxylation is 2. The predicted molar refractivity (Wildman–Crippen MR) is 116 cm³/mol. The van der Waals surface area contributed by atoms with Crippen LogP contribution in [-0.4, -0.2) is 25.6 Å². The summed E-state index contributed by atoms with van der Waals surface area (Å²) >= 11 is 1.47. The van der Waals surface area contributed by atoms with Gasteiger partial charge in [-0.15, -0.1) is 11.3 Å². The van der Waals surface area contributed by atoms with Crippen LogP contribution < -0.4 is 10.1 Å². The number of carbonyl (C=O) groups excluding carboxylic acids is 2. The first-order valence-corrected chi connectivity index (χ1v) is 10.7. The Hall–Kier alpha value is -3.12. The fourth-order valence-corrected chi connectivity index (χ4v) is 4.78. The number of amides is 1. The molecule has 4 rings (SSSR count). The second kappa shape index (κ2) is 9.13. The third-order valence-electron chi connectivity index (χ3n) is 5.17. The van der Waals surface area contributed by atoms with Crippen LogP contribution in [0, 0.1) is 0 Å². The van der Waals surface area contributed by atoms with E-state index in [1.54, 1.807) is 7.11 Å². The number of hydrogen-bond acceptors (Lipinski definition) is 5. The first-order chi connectivity index (χ1) is 14.6.